The molecule has 0 aromatic carbocycles. The SMILES string of the molecule is CCN(CC)CC1=CC=C/C(=C/P(C(C)(C)C)C(C)(C)C)[N-]1.[C-]#[O+].[H-].[Ru+2]. The van der Waals surface area contributed by atoms with Crippen molar-refractivity contribution in [1.82, 2.24) is 4.90 Å². The standard InChI is InChI=1S/C19H34N2P.CO.Ru.H/c1-9-21(10-2)14-16-12-11-13-17(20-16)15-22(18(3,4)5)19(6,7)8;1-2;;/h11-13,15H,9-10,14H2,1-8H3;;;/q-1;;+2;-1/b17-15-;;;. The summed E-state index contributed by atoms with van der Waals surface area (Å²) in [6.45, 7) is 26.1. The van der Waals surface area contributed by atoms with Crippen molar-refractivity contribution in [1.29, 1.82) is 0 Å². The summed E-state index contributed by atoms with van der Waals surface area (Å²) >= 11 is 0. The van der Waals surface area contributed by atoms with Crippen LogP contribution in [0.3, 0.4) is 0 Å². The fourth-order valence-corrected chi connectivity index (χ4v) is 6.06. The predicted molar refractivity (Wildman–Crippen MR) is 108 cm³/mol. The number of allylic oxidation sites excluding steroid dienone is 3. The van der Waals surface area contributed by atoms with Crippen molar-refractivity contribution in [2.75, 3.05) is 19.6 Å². The van der Waals surface area contributed by atoms with Crippen molar-refractivity contribution in [3.8, 4) is 0 Å². The zero-order valence-corrected chi connectivity index (χ0v) is 19.7. The molecule has 0 atom stereocenters. The maximum Gasteiger partial charge on any atom is 2.00 e. The van der Waals surface area contributed by atoms with E-state index in [1.807, 2.05) is 0 Å². The molecule has 0 saturated carbocycles. The van der Waals surface area contributed by atoms with Crippen LogP contribution in [0.25, 0.3) is 5.32 Å². The summed E-state index contributed by atoms with van der Waals surface area (Å²) in [5, 5.41) is 5.49. The molecule has 25 heavy (non-hydrogen) atoms. The number of hydrogen-bond acceptors (Lipinski definition) is 1. The Morgan fingerprint density at radius 2 is 1.60 bits per heavy atom. The molecular weight excluding hydrogens is 416 g/mol. The van der Waals surface area contributed by atoms with Gasteiger partial charge in [0.05, 0.1) is 0 Å². The van der Waals surface area contributed by atoms with Crippen molar-refractivity contribution in [3.05, 3.63) is 47.4 Å². The zero-order valence-electron chi connectivity index (χ0n) is 18.0. The van der Waals surface area contributed by atoms with E-state index >= 15 is 0 Å². The van der Waals surface area contributed by atoms with Gasteiger partial charge >= 0.3 is 30.8 Å². The first-order chi connectivity index (χ1) is 11.1. The van der Waals surface area contributed by atoms with Gasteiger partial charge in [0.25, 0.3) is 0 Å². The molecule has 1 rings (SSSR count). The third-order valence-corrected chi connectivity index (χ3v) is 7.23. The zero-order chi connectivity index (χ0) is 19.0. The molecule has 144 valence electrons. The van der Waals surface area contributed by atoms with Gasteiger partial charge in [-0.3, -0.25) is 0 Å². The first kappa shape index (κ1) is 27.0. The van der Waals surface area contributed by atoms with Crippen LogP contribution in [0.5, 0.6) is 0 Å². The quantitative estimate of drug-likeness (QED) is 0.214. The average Bonchev–Trinajstić information content (AvgIpc) is 2.50. The summed E-state index contributed by atoms with van der Waals surface area (Å²) in [5.74, 6) is 2.43. The molecule has 1 aliphatic rings. The number of hydrogen-bond donors (Lipinski definition) is 0. The molecule has 0 aromatic heterocycles. The Morgan fingerprint density at radius 1 is 1.12 bits per heavy atom. The third kappa shape index (κ3) is 9.88. The van der Waals surface area contributed by atoms with Crippen molar-refractivity contribution in [2.24, 2.45) is 0 Å². The summed E-state index contributed by atoms with van der Waals surface area (Å²) in [4.78, 5) is 2.41. The minimum atomic E-state index is -0.260. The number of likely N-dealkylation sites (N-methyl/N-ethyl adjacent to an activating group) is 1. The Hall–Kier alpha value is -0.227. The molecule has 0 aliphatic carbocycles. The Bertz CT molecular complexity index is 484. The van der Waals surface area contributed by atoms with Gasteiger partial charge in [-0.25, -0.2) is 0 Å². The molecule has 0 fully saturated rings. The third-order valence-electron chi connectivity index (χ3n) is 3.82. The Morgan fingerprint density at radius 3 is 2.00 bits per heavy atom. The number of nitrogens with zero attached hydrogens (tertiary/aromatic N) is 2. The second kappa shape index (κ2) is 12.2. The molecule has 3 nitrogen and oxygen atoms in total. The molecule has 0 bridgehead atoms. The topological polar surface area (TPSA) is 37.2 Å². The minimum absolute atomic E-state index is 0. The van der Waals surface area contributed by atoms with Gasteiger partial charge in [0.1, 0.15) is 0 Å². The second-order valence-electron chi connectivity index (χ2n) is 7.86. The molecule has 0 aromatic rings. The van der Waals surface area contributed by atoms with Crippen LogP contribution in [0.1, 0.15) is 56.8 Å². The summed E-state index contributed by atoms with van der Waals surface area (Å²) in [6.07, 6.45) is 6.45. The molecule has 0 N–H and O–H groups in total. The smallest absolute Gasteiger partial charge is 1.00 e. The van der Waals surface area contributed by atoms with Gasteiger partial charge in [-0.1, -0.05) is 87.4 Å². The van der Waals surface area contributed by atoms with Gasteiger partial charge in [0, 0.05) is 6.54 Å². The molecule has 0 spiro atoms. The Kier molecular flexibility index (Phi) is 13.2. The Labute approximate surface area is 171 Å². The maximum absolute atomic E-state index is 7.50. The maximum atomic E-state index is 7.50. The molecule has 0 radical (unpaired) electrons. The van der Waals surface area contributed by atoms with Crippen molar-refractivity contribution in [2.45, 2.75) is 65.7 Å². The van der Waals surface area contributed by atoms with Crippen molar-refractivity contribution < 1.29 is 25.6 Å². The van der Waals surface area contributed by atoms with Crippen molar-refractivity contribution in [3.63, 3.8) is 0 Å². The van der Waals surface area contributed by atoms with Gasteiger partial charge in [0.15, 0.2) is 0 Å². The van der Waals surface area contributed by atoms with Crippen LogP contribution in [-0.2, 0) is 24.1 Å². The molecular formula is C20H35N2OPRu. The van der Waals surface area contributed by atoms with E-state index in [-0.39, 0.29) is 28.8 Å². The number of rotatable bonds is 5. The van der Waals surface area contributed by atoms with Gasteiger partial charge < -0.3 is 11.6 Å². The summed E-state index contributed by atoms with van der Waals surface area (Å²) < 4.78 is 7.50. The molecule has 1 heterocycles. The van der Waals surface area contributed by atoms with Crippen LogP contribution in [-0.4, -0.2) is 34.8 Å². The van der Waals surface area contributed by atoms with Gasteiger partial charge in [0.2, 0.25) is 0 Å². The van der Waals surface area contributed by atoms with Crippen LogP contribution in [0, 0.1) is 6.65 Å². The van der Waals surface area contributed by atoms with E-state index in [0.717, 1.165) is 25.3 Å². The van der Waals surface area contributed by atoms with E-state index in [2.05, 4.69) is 91.0 Å². The van der Waals surface area contributed by atoms with E-state index in [0.29, 0.717) is 10.3 Å². The molecule has 0 amide bonds. The first-order valence-electron chi connectivity index (χ1n) is 8.61. The molecule has 1 aliphatic heterocycles. The normalized spacial score (nSPS) is 16.0. The Balaban J connectivity index is -0.00000127. The van der Waals surface area contributed by atoms with Crippen LogP contribution >= 0.6 is 7.92 Å². The summed E-state index contributed by atoms with van der Waals surface area (Å²) in [6, 6.07) is 0. The van der Waals surface area contributed by atoms with Gasteiger partial charge in [-0.05, 0) is 23.4 Å². The van der Waals surface area contributed by atoms with E-state index in [4.69, 9.17) is 9.97 Å². The van der Waals surface area contributed by atoms with Crippen LogP contribution in [0.4, 0.5) is 0 Å². The fraction of sp³-hybridized carbons (Fsp3) is 0.650. The molecule has 5 heteroatoms. The van der Waals surface area contributed by atoms with Gasteiger partial charge in [-0.2, -0.15) is 0 Å². The van der Waals surface area contributed by atoms with E-state index in [1.165, 1.54) is 5.70 Å². The molecule has 0 saturated heterocycles. The second-order valence-corrected chi connectivity index (χ2v) is 11.5. The fourth-order valence-electron chi connectivity index (χ4n) is 2.86. The van der Waals surface area contributed by atoms with Crippen molar-refractivity contribution >= 4 is 7.92 Å². The first-order valence-corrected chi connectivity index (χ1v) is 10.0. The van der Waals surface area contributed by atoms with Crippen LogP contribution < -0.4 is 0 Å². The van der Waals surface area contributed by atoms with E-state index in [1.54, 1.807) is 0 Å². The largest absolute Gasteiger partial charge is 2.00 e. The van der Waals surface area contributed by atoms with E-state index in [9.17, 15) is 0 Å². The predicted octanol–water partition coefficient (Wildman–Crippen LogP) is 6.15. The minimum Gasteiger partial charge on any atom is -1.00 e. The summed E-state index contributed by atoms with van der Waals surface area (Å²) in [7, 11) is -0.260. The van der Waals surface area contributed by atoms with Gasteiger partial charge in [-0.15, -0.1) is 11.4 Å². The average molecular weight is 452 g/mol. The summed E-state index contributed by atoms with van der Waals surface area (Å²) in [5.41, 5.74) is 2.32. The van der Waals surface area contributed by atoms with E-state index < -0.39 is 0 Å². The molecule has 0 unspecified atom stereocenters. The van der Waals surface area contributed by atoms with Crippen LogP contribution in [0.2, 0.25) is 0 Å². The monoisotopic (exact) mass is 452 g/mol. The van der Waals surface area contributed by atoms with Crippen LogP contribution in [0.15, 0.2) is 35.4 Å².